The number of Topliss-reactive ketones (excluding diaryl/α,β-unsaturated/α-hetero) is 1. The Labute approximate surface area is 210 Å². The molecule has 0 spiro atoms. The summed E-state index contributed by atoms with van der Waals surface area (Å²) in [6.07, 6.45) is 2.41. The fourth-order valence-electron chi connectivity index (χ4n) is 4.82. The average Bonchev–Trinajstić information content (AvgIpc) is 3.39. The number of aliphatic hydroxyl groups excluding tert-OH is 1. The number of hydrogen-bond acceptors (Lipinski definition) is 5. The number of amides is 1. The monoisotopic (exact) mass is 481 g/mol. The van der Waals surface area contributed by atoms with E-state index < -0.39 is 17.7 Å². The van der Waals surface area contributed by atoms with Crippen molar-refractivity contribution in [3.05, 3.63) is 113 Å². The number of likely N-dealkylation sites (tertiary alicyclic amines) is 1. The van der Waals surface area contributed by atoms with Gasteiger partial charge in [-0.15, -0.1) is 0 Å². The van der Waals surface area contributed by atoms with E-state index in [0.29, 0.717) is 29.9 Å². The third-order valence-electron chi connectivity index (χ3n) is 6.45. The van der Waals surface area contributed by atoms with Crippen molar-refractivity contribution in [2.75, 3.05) is 6.61 Å². The highest BCUT2D eigenvalue weighted by Crippen LogP contribution is 2.42. The number of hydrogen-bond donors (Lipinski definition) is 1. The summed E-state index contributed by atoms with van der Waals surface area (Å²) in [5.41, 5.74) is 3.05. The van der Waals surface area contributed by atoms with Crippen molar-refractivity contribution in [2.24, 2.45) is 0 Å². The summed E-state index contributed by atoms with van der Waals surface area (Å²) in [7, 11) is 0. The van der Waals surface area contributed by atoms with E-state index in [1.165, 1.54) is 4.90 Å². The maximum atomic E-state index is 13.4. The van der Waals surface area contributed by atoms with Crippen LogP contribution in [0.2, 0.25) is 0 Å². The van der Waals surface area contributed by atoms with Crippen LogP contribution >= 0.6 is 0 Å². The van der Waals surface area contributed by atoms with Gasteiger partial charge < -0.3 is 19.5 Å². The first-order valence-corrected chi connectivity index (χ1v) is 11.9. The van der Waals surface area contributed by atoms with E-state index >= 15 is 0 Å². The standard InChI is InChI=1S/C30H27NO5/c1-3-14-35-24-11-7-10-21(17-24)27-26(28(32)22-12-13-25-23(16-22)15-19(2)36-25)29(33)30(34)31(27)18-20-8-5-4-6-9-20/h3-13,16-17,19,27,32H,1,14-15,18H2,2H3/b28-26+/t19-,27-/m0/s1. The molecule has 1 amide bonds. The molecule has 182 valence electrons. The number of ketones is 1. The second-order valence-corrected chi connectivity index (χ2v) is 9.04. The summed E-state index contributed by atoms with van der Waals surface area (Å²) >= 11 is 0. The number of ether oxygens (including phenoxy) is 2. The highest BCUT2D eigenvalue weighted by Gasteiger charge is 2.46. The first-order valence-electron chi connectivity index (χ1n) is 11.9. The summed E-state index contributed by atoms with van der Waals surface area (Å²) in [4.78, 5) is 28.2. The summed E-state index contributed by atoms with van der Waals surface area (Å²) in [6, 6.07) is 21.3. The van der Waals surface area contributed by atoms with Crippen LogP contribution in [0.5, 0.6) is 11.5 Å². The highest BCUT2D eigenvalue weighted by molar-refractivity contribution is 6.46. The van der Waals surface area contributed by atoms with E-state index in [2.05, 4.69) is 6.58 Å². The number of fused-ring (bicyclic) bond motifs is 1. The fourth-order valence-corrected chi connectivity index (χ4v) is 4.82. The Morgan fingerprint density at radius 2 is 1.92 bits per heavy atom. The van der Waals surface area contributed by atoms with E-state index in [4.69, 9.17) is 9.47 Å². The smallest absolute Gasteiger partial charge is 0.295 e. The molecule has 0 saturated carbocycles. The molecular weight excluding hydrogens is 454 g/mol. The lowest BCUT2D eigenvalue weighted by Crippen LogP contribution is -2.29. The van der Waals surface area contributed by atoms with Crippen LogP contribution in [0, 0.1) is 0 Å². The Morgan fingerprint density at radius 1 is 1.11 bits per heavy atom. The van der Waals surface area contributed by atoms with Crippen LogP contribution < -0.4 is 9.47 Å². The minimum Gasteiger partial charge on any atom is -0.507 e. The van der Waals surface area contributed by atoms with Crippen molar-refractivity contribution in [1.29, 1.82) is 0 Å². The molecule has 0 bridgehead atoms. The molecule has 6 heteroatoms. The molecule has 3 aromatic carbocycles. The van der Waals surface area contributed by atoms with E-state index in [9.17, 15) is 14.7 Å². The van der Waals surface area contributed by atoms with E-state index in [-0.39, 0.29) is 24.0 Å². The number of nitrogens with zero attached hydrogens (tertiary/aromatic N) is 1. The average molecular weight is 482 g/mol. The topological polar surface area (TPSA) is 76.1 Å². The molecule has 1 fully saturated rings. The van der Waals surface area contributed by atoms with E-state index in [1.807, 2.05) is 55.5 Å². The first-order chi connectivity index (χ1) is 17.5. The fraction of sp³-hybridized carbons (Fsp3) is 0.200. The molecule has 3 aromatic rings. The van der Waals surface area contributed by atoms with Crippen molar-refractivity contribution < 1.29 is 24.2 Å². The molecule has 1 N–H and O–H groups in total. The molecule has 6 nitrogen and oxygen atoms in total. The van der Waals surface area contributed by atoms with Gasteiger partial charge in [-0.25, -0.2) is 0 Å². The largest absolute Gasteiger partial charge is 0.507 e. The molecule has 1 saturated heterocycles. The minimum atomic E-state index is -0.777. The van der Waals surface area contributed by atoms with Gasteiger partial charge in [0.1, 0.15) is 30.0 Å². The van der Waals surface area contributed by atoms with Crippen LogP contribution in [0.4, 0.5) is 0 Å². The van der Waals surface area contributed by atoms with Gasteiger partial charge in [0.15, 0.2) is 0 Å². The molecule has 0 radical (unpaired) electrons. The van der Waals surface area contributed by atoms with E-state index in [1.54, 1.807) is 30.3 Å². The number of benzene rings is 3. The Hall–Kier alpha value is -4.32. The zero-order chi connectivity index (χ0) is 25.2. The molecule has 5 rings (SSSR count). The molecule has 0 aromatic heterocycles. The Bertz CT molecular complexity index is 1360. The SMILES string of the molecule is C=CCOc1cccc([C@H]2/C(=C(\O)c3ccc4c(c3)C[C@H](C)O4)C(=O)C(=O)N2Cc2ccccc2)c1. The number of carbonyl (C=O) groups excluding carboxylic acids is 2. The predicted molar refractivity (Wildman–Crippen MR) is 137 cm³/mol. The molecule has 0 unspecified atom stereocenters. The van der Waals surface area contributed by atoms with Crippen LogP contribution in [0.15, 0.2) is 91.0 Å². The van der Waals surface area contributed by atoms with Crippen LogP contribution in [0.1, 0.15) is 35.2 Å². The van der Waals surface area contributed by atoms with Gasteiger partial charge in [-0.1, -0.05) is 55.1 Å². The third-order valence-corrected chi connectivity index (χ3v) is 6.45. The number of carbonyl (C=O) groups is 2. The molecule has 0 aliphatic carbocycles. The second-order valence-electron chi connectivity index (χ2n) is 9.04. The molecule has 2 heterocycles. The zero-order valence-electron chi connectivity index (χ0n) is 20.0. The maximum Gasteiger partial charge on any atom is 0.295 e. The summed E-state index contributed by atoms with van der Waals surface area (Å²) in [5, 5.41) is 11.4. The van der Waals surface area contributed by atoms with Gasteiger partial charge in [0.05, 0.1) is 11.6 Å². The lowest BCUT2D eigenvalue weighted by Gasteiger charge is -2.26. The number of aliphatic hydroxyl groups is 1. The van der Waals surface area contributed by atoms with Crippen LogP contribution in [0.25, 0.3) is 5.76 Å². The summed E-state index contributed by atoms with van der Waals surface area (Å²) in [5.74, 6) is -0.209. The van der Waals surface area contributed by atoms with Gasteiger partial charge in [-0.05, 0) is 53.9 Å². The van der Waals surface area contributed by atoms with Gasteiger partial charge in [-0.3, -0.25) is 9.59 Å². The normalized spacial score (nSPS) is 20.2. The lowest BCUT2D eigenvalue weighted by molar-refractivity contribution is -0.140. The Kier molecular flexibility index (Phi) is 6.34. The predicted octanol–water partition coefficient (Wildman–Crippen LogP) is 5.20. The van der Waals surface area contributed by atoms with E-state index in [0.717, 1.165) is 16.9 Å². The Morgan fingerprint density at radius 3 is 2.69 bits per heavy atom. The minimum absolute atomic E-state index is 0.0483. The van der Waals surface area contributed by atoms with Crippen molar-refractivity contribution in [2.45, 2.75) is 32.0 Å². The zero-order valence-corrected chi connectivity index (χ0v) is 20.0. The second kappa shape index (κ2) is 9.74. The van der Waals surface area contributed by atoms with Gasteiger partial charge >= 0.3 is 0 Å². The molecule has 36 heavy (non-hydrogen) atoms. The van der Waals surface area contributed by atoms with Crippen LogP contribution in [-0.2, 0) is 22.6 Å². The van der Waals surface area contributed by atoms with Gasteiger partial charge in [0.2, 0.25) is 0 Å². The first kappa shape index (κ1) is 23.4. The van der Waals surface area contributed by atoms with Crippen molar-refractivity contribution in [3.8, 4) is 11.5 Å². The maximum absolute atomic E-state index is 13.4. The molecule has 2 atom stereocenters. The van der Waals surface area contributed by atoms with Gasteiger partial charge in [0, 0.05) is 18.5 Å². The van der Waals surface area contributed by atoms with Crippen molar-refractivity contribution in [3.63, 3.8) is 0 Å². The number of rotatable bonds is 7. The summed E-state index contributed by atoms with van der Waals surface area (Å²) in [6.45, 7) is 6.21. The Balaban J connectivity index is 1.62. The molecule has 2 aliphatic heterocycles. The lowest BCUT2D eigenvalue weighted by atomic mass is 9.94. The third kappa shape index (κ3) is 4.38. The van der Waals surface area contributed by atoms with Crippen molar-refractivity contribution >= 4 is 17.4 Å². The highest BCUT2D eigenvalue weighted by atomic mass is 16.5. The molecular formula is C30H27NO5. The quantitative estimate of drug-likeness (QED) is 0.217. The van der Waals surface area contributed by atoms with Crippen LogP contribution in [0.3, 0.4) is 0 Å². The van der Waals surface area contributed by atoms with Crippen LogP contribution in [-0.4, -0.2) is 34.4 Å². The molecule has 2 aliphatic rings. The van der Waals surface area contributed by atoms with Gasteiger partial charge in [0.25, 0.3) is 11.7 Å². The van der Waals surface area contributed by atoms with Gasteiger partial charge in [-0.2, -0.15) is 0 Å². The summed E-state index contributed by atoms with van der Waals surface area (Å²) < 4.78 is 11.5. The van der Waals surface area contributed by atoms with Crippen molar-refractivity contribution in [1.82, 2.24) is 4.90 Å².